The second kappa shape index (κ2) is 7.26. The predicted octanol–water partition coefficient (Wildman–Crippen LogP) is 5.59. The van der Waals surface area contributed by atoms with Crippen molar-refractivity contribution in [3.63, 3.8) is 0 Å². The quantitative estimate of drug-likeness (QED) is 0.413. The molecular formula is C22H17ClN2O2S. The summed E-state index contributed by atoms with van der Waals surface area (Å²) in [6.07, 6.45) is 1.58. The summed E-state index contributed by atoms with van der Waals surface area (Å²) in [5.74, 6) is 0. The van der Waals surface area contributed by atoms with E-state index in [2.05, 4.69) is 4.99 Å². The number of hydrogen-bond donors (Lipinski definition) is 0. The van der Waals surface area contributed by atoms with Crippen molar-refractivity contribution in [1.82, 2.24) is 3.97 Å². The van der Waals surface area contributed by atoms with E-state index in [9.17, 15) is 8.42 Å². The number of aryl methyl sites for hydroxylation is 1. The van der Waals surface area contributed by atoms with Crippen LogP contribution in [0.1, 0.15) is 11.3 Å². The lowest BCUT2D eigenvalue weighted by atomic mass is 10.2. The van der Waals surface area contributed by atoms with Gasteiger partial charge in [-0.05, 0) is 55.0 Å². The normalized spacial score (nSPS) is 12.1. The molecule has 0 fully saturated rings. The number of aromatic nitrogens is 1. The Bertz CT molecular complexity index is 1290. The van der Waals surface area contributed by atoms with Gasteiger partial charge in [-0.3, -0.25) is 4.99 Å². The molecule has 0 unspecified atom stereocenters. The van der Waals surface area contributed by atoms with Crippen molar-refractivity contribution < 1.29 is 8.42 Å². The highest BCUT2D eigenvalue weighted by Gasteiger charge is 2.22. The highest BCUT2D eigenvalue weighted by atomic mass is 35.5. The van der Waals surface area contributed by atoms with E-state index in [1.54, 1.807) is 48.7 Å². The SMILES string of the molecule is Cc1cc(Cl)ccc1N=Cc1cc2ccccc2n1S(=O)(=O)c1ccccc1. The fourth-order valence-corrected chi connectivity index (χ4v) is 4.85. The van der Waals surface area contributed by atoms with E-state index in [1.807, 2.05) is 43.3 Å². The number of benzene rings is 3. The molecule has 4 aromatic rings. The second-order valence-corrected chi connectivity index (χ2v) is 8.62. The first-order valence-corrected chi connectivity index (χ1v) is 10.5. The number of aliphatic imine (C=N–C) groups is 1. The van der Waals surface area contributed by atoms with Gasteiger partial charge in [-0.2, -0.15) is 0 Å². The molecule has 4 rings (SSSR count). The van der Waals surface area contributed by atoms with Crippen LogP contribution in [0.5, 0.6) is 0 Å². The third-order valence-electron chi connectivity index (χ3n) is 4.47. The van der Waals surface area contributed by atoms with Crippen molar-refractivity contribution in [2.24, 2.45) is 4.99 Å². The molecule has 6 heteroatoms. The Kier molecular flexibility index (Phi) is 4.79. The molecule has 1 heterocycles. The zero-order valence-electron chi connectivity index (χ0n) is 15.1. The van der Waals surface area contributed by atoms with E-state index in [4.69, 9.17) is 11.6 Å². The molecule has 0 amide bonds. The number of halogens is 1. The van der Waals surface area contributed by atoms with Crippen molar-refractivity contribution in [2.45, 2.75) is 11.8 Å². The average Bonchev–Trinajstić information content (AvgIpc) is 3.07. The van der Waals surface area contributed by atoms with Crippen molar-refractivity contribution in [2.75, 3.05) is 0 Å². The molecule has 0 radical (unpaired) electrons. The average molecular weight is 409 g/mol. The van der Waals surface area contributed by atoms with Gasteiger partial charge in [0.2, 0.25) is 0 Å². The monoisotopic (exact) mass is 408 g/mol. The summed E-state index contributed by atoms with van der Waals surface area (Å²) >= 11 is 6.01. The second-order valence-electron chi connectivity index (χ2n) is 6.40. The fraction of sp³-hybridized carbons (Fsp3) is 0.0455. The summed E-state index contributed by atoms with van der Waals surface area (Å²) in [7, 11) is -3.77. The third kappa shape index (κ3) is 3.35. The lowest BCUT2D eigenvalue weighted by Gasteiger charge is -2.10. The predicted molar refractivity (Wildman–Crippen MR) is 114 cm³/mol. The van der Waals surface area contributed by atoms with Gasteiger partial charge in [0.1, 0.15) is 0 Å². The standard InChI is InChI=1S/C22H17ClN2O2S/c1-16-13-18(23)11-12-21(16)24-15-19-14-17-7-5-6-10-22(17)25(19)28(26,27)20-8-3-2-4-9-20/h2-15H,1H3. The summed E-state index contributed by atoms with van der Waals surface area (Å²) in [5.41, 5.74) is 2.75. The highest BCUT2D eigenvalue weighted by Crippen LogP contribution is 2.26. The van der Waals surface area contributed by atoms with Crippen molar-refractivity contribution in [3.05, 3.63) is 95.1 Å². The lowest BCUT2D eigenvalue weighted by molar-refractivity contribution is 0.589. The summed E-state index contributed by atoms with van der Waals surface area (Å²) in [4.78, 5) is 4.74. The molecular weight excluding hydrogens is 392 g/mol. The number of para-hydroxylation sites is 1. The van der Waals surface area contributed by atoms with Gasteiger partial charge >= 0.3 is 0 Å². The first kappa shape index (κ1) is 18.5. The van der Waals surface area contributed by atoms with Crippen LogP contribution in [0.3, 0.4) is 0 Å². The van der Waals surface area contributed by atoms with Crippen molar-refractivity contribution in [3.8, 4) is 0 Å². The molecule has 140 valence electrons. The van der Waals surface area contributed by atoms with Crippen LogP contribution in [0.4, 0.5) is 5.69 Å². The van der Waals surface area contributed by atoms with Gasteiger partial charge in [-0.25, -0.2) is 12.4 Å². The van der Waals surface area contributed by atoms with Gasteiger partial charge in [0.05, 0.1) is 28.0 Å². The van der Waals surface area contributed by atoms with Gasteiger partial charge in [0, 0.05) is 10.4 Å². The Morgan fingerprint density at radius 1 is 0.929 bits per heavy atom. The number of nitrogens with zero attached hydrogens (tertiary/aromatic N) is 2. The molecule has 1 aromatic heterocycles. The molecule has 0 aliphatic carbocycles. The van der Waals surface area contributed by atoms with Crippen LogP contribution in [-0.2, 0) is 10.0 Å². The van der Waals surface area contributed by atoms with E-state index in [0.717, 1.165) is 16.6 Å². The summed E-state index contributed by atoms with van der Waals surface area (Å²) < 4.78 is 28.0. The smallest absolute Gasteiger partial charge is 0.254 e. The van der Waals surface area contributed by atoms with Gasteiger partial charge in [-0.1, -0.05) is 48.0 Å². The van der Waals surface area contributed by atoms with Crippen LogP contribution in [-0.4, -0.2) is 18.6 Å². The number of rotatable bonds is 4. The maximum Gasteiger partial charge on any atom is 0.268 e. The first-order chi connectivity index (χ1) is 13.5. The molecule has 0 N–H and O–H groups in total. The van der Waals surface area contributed by atoms with Crippen LogP contribution < -0.4 is 0 Å². The zero-order valence-corrected chi connectivity index (χ0v) is 16.7. The first-order valence-electron chi connectivity index (χ1n) is 8.68. The van der Waals surface area contributed by atoms with Crippen LogP contribution in [0, 0.1) is 6.92 Å². The topological polar surface area (TPSA) is 51.4 Å². The van der Waals surface area contributed by atoms with E-state index in [-0.39, 0.29) is 4.90 Å². The van der Waals surface area contributed by atoms with E-state index in [0.29, 0.717) is 16.2 Å². The maximum atomic E-state index is 13.3. The Hall–Kier alpha value is -2.89. The Morgan fingerprint density at radius 3 is 2.39 bits per heavy atom. The number of fused-ring (bicyclic) bond motifs is 1. The zero-order chi connectivity index (χ0) is 19.7. The largest absolute Gasteiger partial charge is 0.268 e. The number of hydrogen-bond acceptors (Lipinski definition) is 3. The van der Waals surface area contributed by atoms with Gasteiger partial charge in [-0.15, -0.1) is 0 Å². The molecule has 0 aliphatic heterocycles. The van der Waals surface area contributed by atoms with Gasteiger partial charge in [0.15, 0.2) is 0 Å². The summed E-state index contributed by atoms with van der Waals surface area (Å²) in [5, 5.41) is 1.47. The maximum absolute atomic E-state index is 13.3. The minimum atomic E-state index is -3.77. The minimum absolute atomic E-state index is 0.230. The van der Waals surface area contributed by atoms with Crippen LogP contribution >= 0.6 is 11.6 Å². The van der Waals surface area contributed by atoms with Crippen LogP contribution in [0.2, 0.25) is 5.02 Å². The third-order valence-corrected chi connectivity index (χ3v) is 6.46. The molecule has 0 saturated heterocycles. The van der Waals surface area contributed by atoms with Gasteiger partial charge < -0.3 is 0 Å². The molecule has 3 aromatic carbocycles. The van der Waals surface area contributed by atoms with Crippen LogP contribution in [0.25, 0.3) is 10.9 Å². The summed E-state index contributed by atoms with van der Waals surface area (Å²) in [6.45, 7) is 1.91. The lowest BCUT2D eigenvalue weighted by Crippen LogP contribution is -2.15. The van der Waals surface area contributed by atoms with E-state index < -0.39 is 10.0 Å². The Labute approximate surface area is 168 Å². The molecule has 0 saturated carbocycles. The van der Waals surface area contributed by atoms with E-state index >= 15 is 0 Å². The molecule has 0 aliphatic rings. The van der Waals surface area contributed by atoms with Crippen molar-refractivity contribution in [1.29, 1.82) is 0 Å². The Morgan fingerprint density at radius 2 is 1.64 bits per heavy atom. The van der Waals surface area contributed by atoms with Gasteiger partial charge in [0.25, 0.3) is 10.0 Å². The van der Waals surface area contributed by atoms with Crippen molar-refractivity contribution >= 4 is 44.4 Å². The van der Waals surface area contributed by atoms with Crippen LogP contribution in [0.15, 0.2) is 88.8 Å². The Balaban J connectivity index is 1.90. The molecule has 4 nitrogen and oxygen atoms in total. The molecule has 0 atom stereocenters. The minimum Gasteiger partial charge on any atom is -0.254 e. The molecule has 28 heavy (non-hydrogen) atoms. The fourth-order valence-electron chi connectivity index (χ4n) is 3.11. The summed E-state index contributed by atoms with van der Waals surface area (Å²) in [6, 6.07) is 23.0. The molecule has 0 spiro atoms. The van der Waals surface area contributed by atoms with E-state index in [1.165, 1.54) is 3.97 Å². The highest BCUT2D eigenvalue weighted by molar-refractivity contribution is 7.90. The molecule has 0 bridgehead atoms.